The molecule has 164 valence electrons. The summed E-state index contributed by atoms with van der Waals surface area (Å²) in [4.78, 5) is 6.96. The smallest absolute Gasteiger partial charge is 0.191 e. The summed E-state index contributed by atoms with van der Waals surface area (Å²) in [6.45, 7) is 8.32. The third kappa shape index (κ3) is 5.98. The van der Waals surface area contributed by atoms with Crippen molar-refractivity contribution in [3.8, 4) is 0 Å². The Morgan fingerprint density at radius 3 is 2.67 bits per heavy atom. The number of morpholine rings is 1. The zero-order valence-electron chi connectivity index (χ0n) is 17.6. The van der Waals surface area contributed by atoms with Gasteiger partial charge < -0.3 is 24.9 Å². The number of aliphatic hydroxyl groups is 1. The number of nitrogens with zero attached hydrogens (tertiary/aromatic N) is 2. The molecule has 3 rings (SSSR count). The van der Waals surface area contributed by atoms with Crippen LogP contribution < -0.4 is 10.6 Å². The van der Waals surface area contributed by atoms with Crippen LogP contribution in [0, 0.1) is 0 Å². The Bertz CT molecular complexity index is 804. The van der Waals surface area contributed by atoms with E-state index in [1.165, 1.54) is 0 Å². The number of ether oxygens (including phenoxy) is 1. The van der Waals surface area contributed by atoms with E-state index in [1.54, 1.807) is 25.3 Å². The van der Waals surface area contributed by atoms with Crippen molar-refractivity contribution in [3.63, 3.8) is 0 Å². The van der Waals surface area contributed by atoms with Crippen LogP contribution in [-0.4, -0.2) is 61.9 Å². The van der Waals surface area contributed by atoms with Gasteiger partial charge in [0.15, 0.2) is 5.96 Å². The molecule has 0 spiro atoms. The van der Waals surface area contributed by atoms with Gasteiger partial charge in [-0.25, -0.2) is 4.99 Å². The third-order valence-corrected chi connectivity index (χ3v) is 5.50. The molecule has 2 aromatic rings. The Morgan fingerprint density at radius 1 is 1.23 bits per heavy atom. The Balaban J connectivity index is 1.73. The van der Waals surface area contributed by atoms with Gasteiger partial charge in [-0.2, -0.15) is 0 Å². The summed E-state index contributed by atoms with van der Waals surface area (Å²) in [6.07, 6.45) is 1.55. The molecule has 1 aromatic heterocycles. The molecular formula is C22H31ClN4O3. The first-order valence-corrected chi connectivity index (χ1v) is 10.7. The zero-order chi connectivity index (χ0) is 21.4. The van der Waals surface area contributed by atoms with Crippen molar-refractivity contribution in [2.45, 2.75) is 25.5 Å². The summed E-state index contributed by atoms with van der Waals surface area (Å²) in [7, 11) is 0. The van der Waals surface area contributed by atoms with Crippen molar-refractivity contribution in [1.29, 1.82) is 0 Å². The van der Waals surface area contributed by atoms with Crippen LogP contribution in [0.4, 0.5) is 0 Å². The molecule has 2 atom stereocenters. The highest BCUT2D eigenvalue weighted by Gasteiger charge is 2.27. The molecule has 0 amide bonds. The number of hydrogen-bond donors (Lipinski definition) is 3. The van der Waals surface area contributed by atoms with Crippen LogP contribution in [0.15, 0.2) is 52.1 Å². The fourth-order valence-electron chi connectivity index (χ4n) is 3.50. The minimum Gasteiger partial charge on any atom is -0.466 e. The molecule has 8 heteroatoms. The molecule has 1 aromatic carbocycles. The van der Waals surface area contributed by atoms with E-state index in [1.807, 2.05) is 25.1 Å². The summed E-state index contributed by atoms with van der Waals surface area (Å²) in [5.74, 6) is 1.12. The summed E-state index contributed by atoms with van der Waals surface area (Å²) in [5, 5.41) is 18.1. The van der Waals surface area contributed by atoms with Crippen LogP contribution in [0.1, 0.15) is 31.2 Å². The van der Waals surface area contributed by atoms with Crippen LogP contribution in [-0.2, 0) is 10.3 Å². The van der Waals surface area contributed by atoms with E-state index in [-0.39, 0.29) is 12.6 Å². The van der Waals surface area contributed by atoms with Crippen LogP contribution in [0.2, 0.25) is 5.02 Å². The van der Waals surface area contributed by atoms with E-state index in [2.05, 4.69) is 26.6 Å². The molecule has 2 unspecified atom stereocenters. The fourth-order valence-corrected chi connectivity index (χ4v) is 3.76. The first kappa shape index (κ1) is 22.6. The van der Waals surface area contributed by atoms with Gasteiger partial charge in [0, 0.05) is 31.2 Å². The van der Waals surface area contributed by atoms with E-state index in [0.717, 1.165) is 23.7 Å². The Morgan fingerprint density at radius 2 is 2.00 bits per heavy atom. The van der Waals surface area contributed by atoms with Gasteiger partial charge in [-0.3, -0.25) is 4.90 Å². The number of benzene rings is 1. The molecule has 1 aliphatic heterocycles. The standard InChI is InChI=1S/C22H31ClN4O3/c1-3-24-21(26-16-22(2,28)20-9-6-12-30-20)25-15-19(27-10-13-29-14-11-27)17-7-4-5-8-18(17)23/h4-9,12,19,28H,3,10-11,13-16H2,1-2H3,(H2,24,25,26). The van der Waals surface area contributed by atoms with Crippen LogP contribution in [0.25, 0.3) is 0 Å². The second-order valence-electron chi connectivity index (χ2n) is 7.51. The minimum atomic E-state index is -1.18. The third-order valence-electron chi connectivity index (χ3n) is 5.15. The highest BCUT2D eigenvalue weighted by Crippen LogP contribution is 2.28. The molecule has 1 aliphatic rings. The van der Waals surface area contributed by atoms with Crippen molar-refractivity contribution in [3.05, 3.63) is 59.0 Å². The van der Waals surface area contributed by atoms with Gasteiger partial charge in [-0.05, 0) is 37.6 Å². The number of aliphatic imine (C=N–C) groups is 1. The van der Waals surface area contributed by atoms with E-state index in [9.17, 15) is 5.11 Å². The molecule has 0 radical (unpaired) electrons. The molecule has 7 nitrogen and oxygen atoms in total. The highest BCUT2D eigenvalue weighted by atomic mass is 35.5. The summed E-state index contributed by atoms with van der Waals surface area (Å²) < 4.78 is 10.9. The Labute approximate surface area is 183 Å². The van der Waals surface area contributed by atoms with Gasteiger partial charge in [0.25, 0.3) is 0 Å². The first-order valence-electron chi connectivity index (χ1n) is 10.4. The molecule has 30 heavy (non-hydrogen) atoms. The van der Waals surface area contributed by atoms with Crippen LogP contribution in [0.3, 0.4) is 0 Å². The van der Waals surface area contributed by atoms with E-state index in [4.69, 9.17) is 20.8 Å². The fraction of sp³-hybridized carbons (Fsp3) is 0.500. The largest absolute Gasteiger partial charge is 0.466 e. The number of halogens is 1. The van der Waals surface area contributed by atoms with Crippen LogP contribution in [0.5, 0.6) is 0 Å². The quantitative estimate of drug-likeness (QED) is 0.438. The summed E-state index contributed by atoms with van der Waals surface area (Å²) in [5.41, 5.74) is -0.106. The van der Waals surface area contributed by atoms with E-state index < -0.39 is 5.60 Å². The lowest BCUT2D eigenvalue weighted by Gasteiger charge is -2.35. The molecule has 0 bridgehead atoms. The maximum Gasteiger partial charge on any atom is 0.191 e. The Hall–Kier alpha value is -2.06. The maximum atomic E-state index is 10.7. The molecule has 2 heterocycles. The average Bonchev–Trinajstić information content (AvgIpc) is 3.30. The lowest BCUT2D eigenvalue weighted by atomic mass is 10.0. The topological polar surface area (TPSA) is 82.3 Å². The lowest BCUT2D eigenvalue weighted by molar-refractivity contribution is 0.0169. The number of guanidine groups is 1. The van der Waals surface area contributed by atoms with Gasteiger partial charge in [-0.1, -0.05) is 29.8 Å². The second kappa shape index (κ2) is 10.8. The Kier molecular flexibility index (Phi) is 8.16. The van der Waals surface area contributed by atoms with Crippen molar-refractivity contribution in [2.24, 2.45) is 4.99 Å². The number of rotatable bonds is 8. The molecule has 1 fully saturated rings. The van der Waals surface area contributed by atoms with Gasteiger partial charge in [0.2, 0.25) is 0 Å². The normalized spacial score (nSPS) is 18.6. The van der Waals surface area contributed by atoms with E-state index in [0.29, 0.717) is 38.0 Å². The molecule has 3 N–H and O–H groups in total. The van der Waals surface area contributed by atoms with Crippen molar-refractivity contribution < 1.29 is 14.3 Å². The molecular weight excluding hydrogens is 404 g/mol. The zero-order valence-corrected chi connectivity index (χ0v) is 18.4. The number of furan rings is 1. The SMILES string of the molecule is CCNC(=NCC(C)(O)c1ccco1)NCC(c1ccccc1Cl)N1CCOCC1. The summed E-state index contributed by atoms with van der Waals surface area (Å²) in [6, 6.07) is 11.5. The molecule has 0 aliphatic carbocycles. The molecule has 0 saturated carbocycles. The van der Waals surface area contributed by atoms with Crippen LogP contribution >= 0.6 is 11.6 Å². The maximum absolute atomic E-state index is 10.7. The second-order valence-corrected chi connectivity index (χ2v) is 7.92. The van der Waals surface area contributed by atoms with Crippen molar-refractivity contribution >= 4 is 17.6 Å². The van der Waals surface area contributed by atoms with Crippen molar-refractivity contribution in [1.82, 2.24) is 15.5 Å². The summed E-state index contributed by atoms with van der Waals surface area (Å²) >= 11 is 6.52. The van der Waals surface area contributed by atoms with Gasteiger partial charge in [-0.15, -0.1) is 0 Å². The van der Waals surface area contributed by atoms with Gasteiger partial charge in [0.05, 0.1) is 32.1 Å². The lowest BCUT2D eigenvalue weighted by Crippen LogP contribution is -2.46. The van der Waals surface area contributed by atoms with Gasteiger partial charge in [0.1, 0.15) is 11.4 Å². The monoisotopic (exact) mass is 434 g/mol. The number of hydrogen-bond acceptors (Lipinski definition) is 5. The minimum absolute atomic E-state index is 0.0806. The predicted molar refractivity (Wildman–Crippen MR) is 119 cm³/mol. The van der Waals surface area contributed by atoms with Gasteiger partial charge >= 0.3 is 0 Å². The number of nitrogens with one attached hydrogen (secondary N) is 2. The average molecular weight is 435 g/mol. The predicted octanol–water partition coefficient (Wildman–Crippen LogP) is 2.77. The highest BCUT2D eigenvalue weighted by molar-refractivity contribution is 6.31. The first-order chi connectivity index (χ1) is 14.5. The molecule has 1 saturated heterocycles. The van der Waals surface area contributed by atoms with E-state index >= 15 is 0 Å². The van der Waals surface area contributed by atoms with Crippen molar-refractivity contribution in [2.75, 3.05) is 45.9 Å².